The lowest BCUT2D eigenvalue weighted by molar-refractivity contribution is 1.19. The topological polar surface area (TPSA) is 38.7 Å². The Kier molecular flexibility index (Phi) is 7.49. The zero-order valence-electron chi connectivity index (χ0n) is 27.2. The van der Waals surface area contributed by atoms with Gasteiger partial charge >= 0.3 is 0 Å². The van der Waals surface area contributed by atoms with Crippen LogP contribution in [0.2, 0.25) is 0 Å². The van der Waals surface area contributed by atoms with E-state index in [-0.39, 0.29) is 0 Å². The van der Waals surface area contributed by atoms with Crippen LogP contribution in [-0.2, 0) is 0 Å². The van der Waals surface area contributed by atoms with Crippen molar-refractivity contribution in [2.45, 2.75) is 0 Å². The van der Waals surface area contributed by atoms with Gasteiger partial charge in [-0.1, -0.05) is 164 Å². The molecule has 2 aromatic heterocycles. The number of hydrogen-bond donors (Lipinski definition) is 0. The summed E-state index contributed by atoms with van der Waals surface area (Å²) in [6, 6.07) is 59.8. The van der Waals surface area contributed by atoms with E-state index in [9.17, 15) is 0 Å². The molecule has 0 spiro atoms. The molecule has 0 N–H and O–H groups in total. The van der Waals surface area contributed by atoms with E-state index in [0.29, 0.717) is 5.82 Å². The molecular weight excluding hydrogens is 607 g/mol. The zero-order valence-corrected chi connectivity index (χ0v) is 27.2. The second-order valence-corrected chi connectivity index (χ2v) is 12.4. The van der Waals surface area contributed by atoms with Gasteiger partial charge in [-0.15, -0.1) is 0 Å². The monoisotopic (exact) mass is 637 g/mol. The van der Waals surface area contributed by atoms with Crippen LogP contribution in [0.25, 0.3) is 88.7 Å². The molecule has 7 aromatic carbocycles. The summed E-state index contributed by atoms with van der Waals surface area (Å²) in [6.07, 6.45) is 5.69. The van der Waals surface area contributed by atoms with Crippen LogP contribution in [0.1, 0.15) is 0 Å². The van der Waals surface area contributed by atoms with Gasteiger partial charge in [0.05, 0.1) is 5.69 Å². The summed E-state index contributed by atoms with van der Waals surface area (Å²) >= 11 is 0. The highest BCUT2D eigenvalue weighted by Gasteiger charge is 2.20. The Hall–Kier alpha value is -6.71. The first-order chi connectivity index (χ1) is 24.8. The van der Waals surface area contributed by atoms with Gasteiger partial charge in [0, 0.05) is 35.3 Å². The molecule has 0 fully saturated rings. The molecule has 234 valence electrons. The average molecular weight is 638 g/mol. The minimum absolute atomic E-state index is 0.704. The highest BCUT2D eigenvalue weighted by atomic mass is 14.9. The Morgan fingerprint density at radius 1 is 0.320 bits per heavy atom. The van der Waals surface area contributed by atoms with E-state index in [0.717, 1.165) is 49.8 Å². The first kappa shape index (κ1) is 29.4. The Labute approximate surface area is 291 Å². The summed E-state index contributed by atoms with van der Waals surface area (Å²) in [6.45, 7) is 0. The largest absolute Gasteiger partial charge is 0.264 e. The van der Waals surface area contributed by atoms with Crippen molar-refractivity contribution in [3.8, 4) is 67.2 Å². The van der Waals surface area contributed by atoms with Gasteiger partial charge in [-0.3, -0.25) is 4.98 Å². The zero-order chi connectivity index (χ0) is 33.3. The maximum atomic E-state index is 5.45. The Balaban J connectivity index is 1.26. The molecule has 0 saturated heterocycles. The molecule has 0 amide bonds. The minimum Gasteiger partial charge on any atom is -0.264 e. The molecule has 0 saturated carbocycles. The molecule has 0 aliphatic heterocycles. The second-order valence-electron chi connectivity index (χ2n) is 12.4. The molecule has 0 radical (unpaired) electrons. The summed E-state index contributed by atoms with van der Waals surface area (Å²) in [5, 5.41) is 4.62. The number of aromatic nitrogens is 3. The SMILES string of the molecule is c1ccc(-c2ccc(-c3nc(-c4c5ccccc5c(-c5ccccc5)c5ccccc45)ncc3-c3ccc(-c4cccnc4)cc3)cc2)cc1. The molecule has 0 aliphatic rings. The molecule has 0 atom stereocenters. The van der Waals surface area contributed by atoms with Gasteiger partial charge in [0.25, 0.3) is 0 Å². The van der Waals surface area contributed by atoms with Crippen molar-refractivity contribution in [2.24, 2.45) is 0 Å². The van der Waals surface area contributed by atoms with Crippen LogP contribution in [-0.4, -0.2) is 15.0 Å². The van der Waals surface area contributed by atoms with E-state index < -0.39 is 0 Å². The first-order valence-electron chi connectivity index (χ1n) is 16.8. The average Bonchev–Trinajstić information content (AvgIpc) is 3.21. The third kappa shape index (κ3) is 5.32. The third-order valence-electron chi connectivity index (χ3n) is 9.46. The van der Waals surface area contributed by atoms with Crippen molar-refractivity contribution in [1.29, 1.82) is 0 Å². The van der Waals surface area contributed by atoms with E-state index in [4.69, 9.17) is 9.97 Å². The van der Waals surface area contributed by atoms with Crippen molar-refractivity contribution in [3.63, 3.8) is 0 Å². The molecule has 9 rings (SSSR count). The van der Waals surface area contributed by atoms with Gasteiger partial charge in [0.1, 0.15) is 0 Å². The van der Waals surface area contributed by atoms with E-state index in [2.05, 4.69) is 163 Å². The van der Waals surface area contributed by atoms with Gasteiger partial charge < -0.3 is 0 Å². The Morgan fingerprint density at radius 3 is 1.36 bits per heavy atom. The summed E-state index contributed by atoms with van der Waals surface area (Å²) in [5.74, 6) is 0.704. The predicted octanol–water partition coefficient (Wildman–Crippen LogP) is 12.2. The lowest BCUT2D eigenvalue weighted by atomic mass is 9.88. The maximum Gasteiger partial charge on any atom is 0.161 e. The fourth-order valence-electron chi connectivity index (χ4n) is 7.05. The quantitative estimate of drug-likeness (QED) is 0.170. The number of pyridine rings is 1. The van der Waals surface area contributed by atoms with Gasteiger partial charge in [-0.2, -0.15) is 0 Å². The van der Waals surface area contributed by atoms with Gasteiger partial charge in [0.15, 0.2) is 5.82 Å². The van der Waals surface area contributed by atoms with Crippen LogP contribution < -0.4 is 0 Å². The van der Waals surface area contributed by atoms with Gasteiger partial charge in [0.2, 0.25) is 0 Å². The molecule has 3 heteroatoms. The number of benzene rings is 7. The van der Waals surface area contributed by atoms with Crippen molar-refractivity contribution in [2.75, 3.05) is 0 Å². The lowest BCUT2D eigenvalue weighted by Gasteiger charge is -2.18. The van der Waals surface area contributed by atoms with Crippen molar-refractivity contribution >= 4 is 21.5 Å². The normalized spacial score (nSPS) is 11.2. The van der Waals surface area contributed by atoms with E-state index in [1.54, 1.807) is 6.20 Å². The van der Waals surface area contributed by atoms with E-state index in [1.807, 2.05) is 24.5 Å². The standard InChI is InChI=1S/C47H31N3/c1-3-12-32(13-4-1)33-23-27-37(28-24-33)46-43(35-25-21-34(22-26-35)38-16-11-29-48-30-38)31-49-47(50-46)45-41-19-9-7-17-39(41)44(36-14-5-2-6-15-36)40-18-8-10-20-42(40)45/h1-31H. The molecule has 0 unspecified atom stereocenters. The van der Waals surface area contributed by atoms with Crippen molar-refractivity contribution < 1.29 is 0 Å². The third-order valence-corrected chi connectivity index (χ3v) is 9.46. The van der Waals surface area contributed by atoms with E-state index >= 15 is 0 Å². The smallest absolute Gasteiger partial charge is 0.161 e. The predicted molar refractivity (Wildman–Crippen MR) is 207 cm³/mol. The first-order valence-corrected chi connectivity index (χ1v) is 16.8. The van der Waals surface area contributed by atoms with E-state index in [1.165, 1.54) is 33.0 Å². The second kappa shape index (κ2) is 12.7. The van der Waals surface area contributed by atoms with Crippen molar-refractivity contribution in [3.05, 3.63) is 188 Å². The summed E-state index contributed by atoms with van der Waals surface area (Å²) in [7, 11) is 0. The molecule has 9 aromatic rings. The number of nitrogens with zero attached hydrogens (tertiary/aromatic N) is 3. The summed E-state index contributed by atoms with van der Waals surface area (Å²) in [4.78, 5) is 14.9. The van der Waals surface area contributed by atoms with Crippen molar-refractivity contribution in [1.82, 2.24) is 15.0 Å². The summed E-state index contributed by atoms with van der Waals surface area (Å²) < 4.78 is 0. The highest BCUT2D eigenvalue weighted by molar-refractivity contribution is 6.20. The number of hydrogen-bond acceptors (Lipinski definition) is 3. The lowest BCUT2D eigenvalue weighted by Crippen LogP contribution is -1.98. The number of fused-ring (bicyclic) bond motifs is 2. The Morgan fingerprint density at radius 2 is 0.780 bits per heavy atom. The highest BCUT2D eigenvalue weighted by Crippen LogP contribution is 2.43. The van der Waals surface area contributed by atoms with Crippen LogP contribution in [0, 0.1) is 0 Å². The van der Waals surface area contributed by atoms with Crippen LogP contribution in [0.5, 0.6) is 0 Å². The van der Waals surface area contributed by atoms with Crippen LogP contribution in [0.15, 0.2) is 188 Å². The maximum absolute atomic E-state index is 5.45. The molecule has 2 heterocycles. The van der Waals surface area contributed by atoms with Gasteiger partial charge in [-0.05, 0) is 66.6 Å². The fraction of sp³-hybridized carbons (Fsp3) is 0. The molecule has 0 aliphatic carbocycles. The summed E-state index contributed by atoms with van der Waals surface area (Å²) in [5.41, 5.74) is 12.0. The molecule has 3 nitrogen and oxygen atoms in total. The fourth-order valence-corrected chi connectivity index (χ4v) is 7.05. The number of rotatable bonds is 6. The minimum atomic E-state index is 0.704. The molecular formula is C47H31N3. The van der Waals surface area contributed by atoms with Crippen LogP contribution in [0.3, 0.4) is 0 Å². The Bertz CT molecular complexity index is 2540. The molecule has 0 bridgehead atoms. The van der Waals surface area contributed by atoms with Crippen LogP contribution >= 0.6 is 0 Å². The van der Waals surface area contributed by atoms with Gasteiger partial charge in [-0.25, -0.2) is 9.97 Å². The molecule has 50 heavy (non-hydrogen) atoms. The van der Waals surface area contributed by atoms with Crippen LogP contribution in [0.4, 0.5) is 0 Å².